The molecule has 0 saturated carbocycles. The van der Waals surface area contributed by atoms with E-state index in [0.717, 1.165) is 4.90 Å². The molecule has 0 aliphatic carbocycles. The molecule has 0 atom stereocenters. The Balaban J connectivity index is 1.44. The van der Waals surface area contributed by atoms with Crippen molar-refractivity contribution >= 4 is 35.6 Å². The Hall–Kier alpha value is -4.86. The van der Waals surface area contributed by atoms with Gasteiger partial charge >= 0.3 is 12.0 Å². The summed E-state index contributed by atoms with van der Waals surface area (Å²) in [6.45, 7) is 0.0302. The number of anilines is 1. The standard InChI is InChI=1S/C23H14N2O8/c26-20-16(10-15-6-8-17(33-15)12-1-3-13(4-2-12)22(28)29)21(27)25(23(30)24-20)14-5-7-18-19(9-14)32-11-31-18/h1-10H,11H2,(H,28,29)(H,24,26,30). The van der Waals surface area contributed by atoms with Crippen LogP contribution in [-0.2, 0) is 9.59 Å². The van der Waals surface area contributed by atoms with Crippen molar-refractivity contribution in [1.29, 1.82) is 0 Å². The fraction of sp³-hybridized carbons (Fsp3) is 0.0435. The molecule has 3 heterocycles. The van der Waals surface area contributed by atoms with E-state index in [1.54, 1.807) is 30.3 Å². The summed E-state index contributed by atoms with van der Waals surface area (Å²) in [6, 6.07) is 12.9. The van der Waals surface area contributed by atoms with Crippen molar-refractivity contribution < 1.29 is 38.2 Å². The molecular weight excluding hydrogens is 432 g/mol. The van der Waals surface area contributed by atoms with E-state index in [-0.39, 0.29) is 29.4 Å². The van der Waals surface area contributed by atoms with Crippen molar-refractivity contribution in [1.82, 2.24) is 5.32 Å². The molecule has 3 aromatic rings. The van der Waals surface area contributed by atoms with Crippen molar-refractivity contribution in [3.05, 3.63) is 71.5 Å². The lowest BCUT2D eigenvalue weighted by molar-refractivity contribution is -0.122. The highest BCUT2D eigenvalue weighted by Crippen LogP contribution is 2.36. The number of carboxylic acids is 1. The number of carboxylic acid groups (broad SMARTS) is 1. The lowest BCUT2D eigenvalue weighted by atomic mass is 10.1. The Bertz CT molecular complexity index is 1350. The van der Waals surface area contributed by atoms with E-state index in [2.05, 4.69) is 5.32 Å². The molecule has 0 bridgehead atoms. The van der Waals surface area contributed by atoms with E-state index in [9.17, 15) is 19.2 Å². The van der Waals surface area contributed by atoms with Crippen LogP contribution in [-0.4, -0.2) is 35.7 Å². The van der Waals surface area contributed by atoms with Gasteiger partial charge in [0.05, 0.1) is 11.3 Å². The number of fused-ring (bicyclic) bond motifs is 1. The van der Waals surface area contributed by atoms with Gasteiger partial charge in [-0.2, -0.15) is 0 Å². The van der Waals surface area contributed by atoms with Crippen molar-refractivity contribution in [3.63, 3.8) is 0 Å². The van der Waals surface area contributed by atoms with Gasteiger partial charge in [0.25, 0.3) is 11.8 Å². The number of nitrogens with zero attached hydrogens (tertiary/aromatic N) is 1. The molecule has 2 aliphatic rings. The van der Waals surface area contributed by atoms with Crippen LogP contribution in [0.4, 0.5) is 10.5 Å². The second kappa shape index (κ2) is 7.68. The van der Waals surface area contributed by atoms with Crippen molar-refractivity contribution in [2.24, 2.45) is 0 Å². The molecule has 0 spiro atoms. The number of imide groups is 2. The van der Waals surface area contributed by atoms with Crippen molar-refractivity contribution in [2.75, 3.05) is 11.7 Å². The molecule has 10 heteroatoms. The third-order valence-electron chi connectivity index (χ3n) is 5.05. The molecule has 164 valence electrons. The smallest absolute Gasteiger partial charge is 0.335 e. The minimum Gasteiger partial charge on any atom is -0.478 e. The van der Waals surface area contributed by atoms with Gasteiger partial charge < -0.3 is 19.0 Å². The molecule has 2 aromatic carbocycles. The predicted molar refractivity (Wildman–Crippen MR) is 113 cm³/mol. The normalized spacial score (nSPS) is 16.3. The number of ether oxygens (including phenoxy) is 2. The maximum Gasteiger partial charge on any atom is 0.335 e. The Morgan fingerprint density at radius 1 is 0.970 bits per heavy atom. The second-order valence-electron chi connectivity index (χ2n) is 7.08. The molecule has 33 heavy (non-hydrogen) atoms. The number of hydrogen-bond acceptors (Lipinski definition) is 7. The van der Waals surface area contributed by atoms with Crippen LogP contribution in [0.25, 0.3) is 17.4 Å². The van der Waals surface area contributed by atoms with Gasteiger partial charge in [-0.3, -0.25) is 14.9 Å². The van der Waals surface area contributed by atoms with Gasteiger partial charge in [0.2, 0.25) is 6.79 Å². The van der Waals surface area contributed by atoms with Crippen LogP contribution in [0.15, 0.2) is 64.6 Å². The molecular formula is C23H14N2O8. The molecule has 0 radical (unpaired) electrons. The Morgan fingerprint density at radius 2 is 1.73 bits per heavy atom. The SMILES string of the molecule is O=C1NC(=O)N(c2ccc3c(c2)OCO3)C(=O)C1=Cc1ccc(-c2ccc(C(=O)O)cc2)o1. The lowest BCUT2D eigenvalue weighted by Gasteiger charge is -2.26. The molecule has 4 amide bonds. The monoisotopic (exact) mass is 446 g/mol. The summed E-state index contributed by atoms with van der Waals surface area (Å²) in [4.78, 5) is 49.6. The van der Waals surface area contributed by atoms with Gasteiger partial charge in [-0.15, -0.1) is 0 Å². The number of furan rings is 1. The van der Waals surface area contributed by atoms with Crippen LogP contribution in [0.1, 0.15) is 16.1 Å². The van der Waals surface area contributed by atoms with E-state index in [1.807, 2.05) is 0 Å². The predicted octanol–water partition coefficient (Wildman–Crippen LogP) is 3.04. The summed E-state index contributed by atoms with van der Waals surface area (Å²) in [5.41, 5.74) is 0.653. The van der Waals surface area contributed by atoms with Crippen molar-refractivity contribution in [3.8, 4) is 22.8 Å². The number of carbonyl (C=O) groups excluding carboxylic acids is 3. The van der Waals surface area contributed by atoms with E-state index in [1.165, 1.54) is 30.3 Å². The zero-order valence-corrected chi connectivity index (χ0v) is 16.7. The largest absolute Gasteiger partial charge is 0.478 e. The van der Waals surface area contributed by atoms with Gasteiger partial charge in [-0.1, -0.05) is 12.1 Å². The van der Waals surface area contributed by atoms with Crippen LogP contribution in [0.2, 0.25) is 0 Å². The summed E-state index contributed by atoms with van der Waals surface area (Å²) >= 11 is 0. The lowest BCUT2D eigenvalue weighted by Crippen LogP contribution is -2.54. The van der Waals surface area contributed by atoms with Gasteiger partial charge in [0.1, 0.15) is 17.1 Å². The number of nitrogens with one attached hydrogen (secondary N) is 1. The number of urea groups is 1. The average molecular weight is 446 g/mol. The molecule has 2 aliphatic heterocycles. The van der Waals surface area contributed by atoms with Crippen LogP contribution in [0.3, 0.4) is 0 Å². The topological polar surface area (TPSA) is 135 Å². The highest BCUT2D eigenvalue weighted by Gasteiger charge is 2.37. The van der Waals surface area contributed by atoms with Gasteiger partial charge in [-0.25, -0.2) is 14.5 Å². The van der Waals surface area contributed by atoms with E-state index in [0.29, 0.717) is 22.8 Å². The molecule has 1 aromatic heterocycles. The van der Waals surface area contributed by atoms with E-state index < -0.39 is 23.8 Å². The zero-order valence-electron chi connectivity index (χ0n) is 16.7. The maximum atomic E-state index is 13.0. The van der Waals surface area contributed by atoms with Crippen LogP contribution in [0, 0.1) is 0 Å². The molecule has 2 N–H and O–H groups in total. The minimum absolute atomic E-state index is 0.0302. The first-order valence-corrected chi connectivity index (χ1v) is 9.65. The van der Waals surface area contributed by atoms with Gasteiger partial charge in [-0.05, 0) is 42.5 Å². The Kier molecular flexibility index (Phi) is 4.67. The number of benzene rings is 2. The number of carbonyl (C=O) groups is 4. The average Bonchev–Trinajstić information content (AvgIpc) is 3.46. The molecule has 5 rings (SSSR count). The summed E-state index contributed by atoms with van der Waals surface area (Å²) < 4.78 is 16.2. The Morgan fingerprint density at radius 3 is 2.48 bits per heavy atom. The van der Waals surface area contributed by atoms with Crippen LogP contribution in [0.5, 0.6) is 11.5 Å². The summed E-state index contributed by atoms with van der Waals surface area (Å²) in [5.74, 6) is -1.26. The van der Waals surface area contributed by atoms with Crippen LogP contribution < -0.4 is 19.7 Å². The molecule has 10 nitrogen and oxygen atoms in total. The highest BCUT2D eigenvalue weighted by atomic mass is 16.7. The molecule has 1 fully saturated rings. The summed E-state index contributed by atoms with van der Waals surface area (Å²) in [6.07, 6.45) is 1.24. The number of rotatable bonds is 4. The third-order valence-corrected chi connectivity index (χ3v) is 5.05. The molecule has 0 unspecified atom stereocenters. The first kappa shape index (κ1) is 20.1. The number of amides is 4. The highest BCUT2D eigenvalue weighted by molar-refractivity contribution is 6.39. The molecule has 1 saturated heterocycles. The first-order chi connectivity index (χ1) is 15.9. The van der Waals surface area contributed by atoms with E-state index in [4.69, 9.17) is 19.0 Å². The zero-order chi connectivity index (χ0) is 23.1. The van der Waals surface area contributed by atoms with E-state index >= 15 is 0 Å². The van der Waals surface area contributed by atoms with Gasteiger partial charge in [0.15, 0.2) is 11.5 Å². The number of hydrogen-bond donors (Lipinski definition) is 2. The number of barbiturate groups is 1. The van der Waals surface area contributed by atoms with Crippen molar-refractivity contribution in [2.45, 2.75) is 0 Å². The summed E-state index contributed by atoms with van der Waals surface area (Å²) in [5, 5.41) is 11.1. The number of aromatic carboxylic acids is 1. The fourth-order valence-corrected chi connectivity index (χ4v) is 3.42. The van der Waals surface area contributed by atoms with Crippen LogP contribution >= 0.6 is 0 Å². The second-order valence-corrected chi connectivity index (χ2v) is 7.08. The third kappa shape index (κ3) is 3.59. The fourth-order valence-electron chi connectivity index (χ4n) is 3.42. The first-order valence-electron chi connectivity index (χ1n) is 9.65. The quantitative estimate of drug-likeness (QED) is 0.461. The maximum absolute atomic E-state index is 13.0. The summed E-state index contributed by atoms with van der Waals surface area (Å²) in [7, 11) is 0. The minimum atomic E-state index is -1.05. The van der Waals surface area contributed by atoms with Gasteiger partial charge in [0, 0.05) is 11.6 Å². The Labute approximate surface area is 185 Å².